The molecule has 1 N–H and O–H groups in total. The first kappa shape index (κ1) is 17.0. The summed E-state index contributed by atoms with van der Waals surface area (Å²) in [6.45, 7) is 3.55. The number of rotatable bonds is 5. The highest BCUT2D eigenvalue weighted by Gasteiger charge is 2.19. The van der Waals surface area contributed by atoms with Crippen molar-refractivity contribution in [3.8, 4) is 17.2 Å². The Hall–Kier alpha value is -2.86. The van der Waals surface area contributed by atoms with Crippen LogP contribution in [-0.2, 0) is 4.79 Å². The van der Waals surface area contributed by atoms with E-state index in [-0.39, 0.29) is 5.95 Å². The van der Waals surface area contributed by atoms with E-state index >= 15 is 0 Å². The van der Waals surface area contributed by atoms with Gasteiger partial charge in [0.2, 0.25) is 0 Å². The molecule has 1 amide bonds. The monoisotopic (exact) mass is 357 g/mol. The third-order valence-electron chi connectivity index (χ3n) is 3.55. The number of anilines is 1. The lowest BCUT2D eigenvalue weighted by molar-refractivity contribution is -0.122. The Labute approximate surface area is 149 Å². The Morgan fingerprint density at radius 2 is 1.92 bits per heavy atom. The molecule has 0 aliphatic heterocycles. The predicted molar refractivity (Wildman–Crippen MR) is 94.6 cm³/mol. The van der Waals surface area contributed by atoms with Gasteiger partial charge in [-0.15, -0.1) is 0 Å². The molecule has 25 heavy (non-hydrogen) atoms. The quantitative estimate of drug-likeness (QED) is 0.743. The topological polar surface area (TPSA) is 77.2 Å². The van der Waals surface area contributed by atoms with Crippen LogP contribution >= 0.6 is 11.6 Å². The summed E-state index contributed by atoms with van der Waals surface area (Å²) in [4.78, 5) is 16.4. The van der Waals surface area contributed by atoms with Crippen LogP contribution in [0.15, 0.2) is 53.1 Å². The Morgan fingerprint density at radius 1 is 1.20 bits per heavy atom. The number of hydrogen-bond acceptors (Lipinski definition) is 5. The molecule has 3 rings (SSSR count). The largest absolute Gasteiger partial charge is 0.479 e. The van der Waals surface area contributed by atoms with E-state index in [1.807, 2.05) is 31.2 Å². The van der Waals surface area contributed by atoms with E-state index in [9.17, 15) is 4.79 Å². The molecule has 6 nitrogen and oxygen atoms in total. The molecule has 1 heterocycles. The van der Waals surface area contributed by atoms with Crippen LogP contribution in [0, 0.1) is 6.92 Å². The lowest BCUT2D eigenvalue weighted by atomic mass is 10.1. The predicted octanol–water partition coefficient (Wildman–Crippen LogP) is 4.10. The second kappa shape index (κ2) is 7.36. The fourth-order valence-corrected chi connectivity index (χ4v) is 2.37. The van der Waals surface area contributed by atoms with Crippen molar-refractivity contribution < 1.29 is 14.1 Å². The molecule has 1 aromatic heterocycles. The molecule has 0 unspecified atom stereocenters. The van der Waals surface area contributed by atoms with Crippen LogP contribution in [0.5, 0.6) is 5.75 Å². The molecule has 0 aliphatic rings. The minimum Gasteiger partial charge on any atom is -0.479 e. The van der Waals surface area contributed by atoms with Crippen molar-refractivity contribution in [3.63, 3.8) is 0 Å². The van der Waals surface area contributed by atoms with Gasteiger partial charge in [-0.1, -0.05) is 41.9 Å². The van der Waals surface area contributed by atoms with Crippen LogP contribution in [0.2, 0.25) is 5.02 Å². The summed E-state index contributed by atoms with van der Waals surface area (Å²) in [5, 5.41) is 6.78. The normalized spacial score (nSPS) is 11.8. The van der Waals surface area contributed by atoms with Crippen LogP contribution in [0.4, 0.5) is 5.95 Å². The maximum atomic E-state index is 12.2. The standard InChI is InChI=1S/C18H16ClN3O3/c1-11-7-3-4-8-13(11)17-21-18(22-25-17)20-16(23)12(2)24-15-10-6-5-9-14(15)19/h3-10,12H,1-2H3,(H,20,22,23)/t12-/m0/s1. The van der Waals surface area contributed by atoms with Gasteiger partial charge in [0, 0.05) is 5.56 Å². The first-order chi connectivity index (χ1) is 12.0. The number of aromatic nitrogens is 2. The van der Waals surface area contributed by atoms with Crippen molar-refractivity contribution in [1.82, 2.24) is 10.1 Å². The Morgan fingerprint density at radius 3 is 2.68 bits per heavy atom. The number of para-hydroxylation sites is 1. The van der Waals surface area contributed by atoms with Gasteiger partial charge in [0.1, 0.15) is 5.75 Å². The number of nitrogens with one attached hydrogen (secondary N) is 1. The van der Waals surface area contributed by atoms with Crippen molar-refractivity contribution in [3.05, 3.63) is 59.1 Å². The number of carbonyl (C=O) groups excluding carboxylic acids is 1. The Bertz CT molecular complexity index is 895. The third-order valence-corrected chi connectivity index (χ3v) is 3.86. The molecular formula is C18H16ClN3O3. The number of hydrogen-bond donors (Lipinski definition) is 1. The van der Waals surface area contributed by atoms with E-state index in [4.69, 9.17) is 20.9 Å². The number of aryl methyl sites for hydroxylation is 1. The van der Waals surface area contributed by atoms with Crippen LogP contribution in [0.3, 0.4) is 0 Å². The van der Waals surface area contributed by atoms with Crippen LogP contribution in [0.25, 0.3) is 11.5 Å². The highest BCUT2D eigenvalue weighted by atomic mass is 35.5. The molecule has 2 aromatic carbocycles. The molecule has 1 atom stereocenters. The highest BCUT2D eigenvalue weighted by molar-refractivity contribution is 6.32. The molecule has 7 heteroatoms. The molecule has 3 aromatic rings. The molecule has 0 radical (unpaired) electrons. The molecule has 0 aliphatic carbocycles. The lowest BCUT2D eigenvalue weighted by Crippen LogP contribution is -2.30. The van der Waals surface area contributed by atoms with Gasteiger partial charge in [-0.3, -0.25) is 10.1 Å². The first-order valence-electron chi connectivity index (χ1n) is 7.66. The molecule has 0 fully saturated rings. The summed E-state index contributed by atoms with van der Waals surface area (Å²) in [6.07, 6.45) is -0.777. The Balaban J connectivity index is 1.67. The number of carbonyl (C=O) groups is 1. The van der Waals surface area contributed by atoms with Crippen molar-refractivity contribution in [2.75, 3.05) is 5.32 Å². The SMILES string of the molecule is Cc1ccccc1-c1nc(NC(=O)[C@H](C)Oc2ccccc2Cl)no1. The fraction of sp³-hybridized carbons (Fsp3) is 0.167. The molecule has 0 bridgehead atoms. The van der Waals surface area contributed by atoms with Gasteiger partial charge >= 0.3 is 0 Å². The van der Waals surface area contributed by atoms with Crippen molar-refractivity contribution >= 4 is 23.5 Å². The van der Waals surface area contributed by atoms with Crippen LogP contribution < -0.4 is 10.1 Å². The van der Waals surface area contributed by atoms with Crippen LogP contribution in [0.1, 0.15) is 12.5 Å². The average Bonchev–Trinajstić information content (AvgIpc) is 3.05. The number of amides is 1. The van der Waals surface area contributed by atoms with E-state index in [2.05, 4.69) is 15.5 Å². The second-order valence-electron chi connectivity index (χ2n) is 5.42. The van der Waals surface area contributed by atoms with Gasteiger partial charge in [0.05, 0.1) is 5.02 Å². The number of halogens is 1. The molecule has 0 saturated carbocycles. The number of nitrogens with zero attached hydrogens (tertiary/aromatic N) is 2. The summed E-state index contributed by atoms with van der Waals surface area (Å²) in [6, 6.07) is 14.6. The summed E-state index contributed by atoms with van der Waals surface area (Å²) < 4.78 is 10.8. The zero-order valence-corrected chi connectivity index (χ0v) is 14.4. The molecule has 128 valence electrons. The van der Waals surface area contributed by atoms with E-state index in [1.54, 1.807) is 31.2 Å². The van der Waals surface area contributed by atoms with Crippen molar-refractivity contribution in [2.24, 2.45) is 0 Å². The molecule has 0 saturated heterocycles. The highest BCUT2D eigenvalue weighted by Crippen LogP contribution is 2.25. The molecular weight excluding hydrogens is 342 g/mol. The zero-order chi connectivity index (χ0) is 17.8. The smallest absolute Gasteiger partial charge is 0.270 e. The van der Waals surface area contributed by atoms with Crippen molar-refractivity contribution in [1.29, 1.82) is 0 Å². The zero-order valence-electron chi connectivity index (χ0n) is 13.7. The maximum absolute atomic E-state index is 12.2. The van der Waals surface area contributed by atoms with Gasteiger partial charge in [-0.25, -0.2) is 0 Å². The maximum Gasteiger partial charge on any atom is 0.270 e. The van der Waals surface area contributed by atoms with E-state index < -0.39 is 12.0 Å². The summed E-state index contributed by atoms with van der Waals surface area (Å²) in [7, 11) is 0. The summed E-state index contributed by atoms with van der Waals surface area (Å²) in [5.74, 6) is 0.448. The van der Waals surface area contributed by atoms with E-state index in [1.165, 1.54) is 0 Å². The van der Waals surface area contributed by atoms with Gasteiger partial charge in [-0.05, 0) is 42.8 Å². The number of ether oxygens (including phenoxy) is 1. The number of benzene rings is 2. The van der Waals surface area contributed by atoms with E-state index in [0.717, 1.165) is 11.1 Å². The fourth-order valence-electron chi connectivity index (χ4n) is 2.19. The average molecular weight is 358 g/mol. The first-order valence-corrected chi connectivity index (χ1v) is 8.04. The second-order valence-corrected chi connectivity index (χ2v) is 5.83. The Kier molecular flexibility index (Phi) is 5.00. The van der Waals surface area contributed by atoms with Gasteiger partial charge in [0.25, 0.3) is 17.7 Å². The van der Waals surface area contributed by atoms with Crippen molar-refractivity contribution in [2.45, 2.75) is 20.0 Å². The van der Waals surface area contributed by atoms with Gasteiger partial charge in [0.15, 0.2) is 6.10 Å². The minimum atomic E-state index is -0.777. The third kappa shape index (κ3) is 3.97. The summed E-state index contributed by atoms with van der Waals surface area (Å²) >= 11 is 6.02. The van der Waals surface area contributed by atoms with Gasteiger partial charge < -0.3 is 9.26 Å². The lowest BCUT2D eigenvalue weighted by Gasteiger charge is -2.14. The van der Waals surface area contributed by atoms with E-state index in [0.29, 0.717) is 16.7 Å². The minimum absolute atomic E-state index is 0.0814. The summed E-state index contributed by atoms with van der Waals surface area (Å²) in [5.41, 5.74) is 1.82. The van der Waals surface area contributed by atoms with Crippen LogP contribution in [-0.4, -0.2) is 22.2 Å². The molecule has 0 spiro atoms. The van der Waals surface area contributed by atoms with Gasteiger partial charge in [-0.2, -0.15) is 4.98 Å².